The van der Waals surface area contributed by atoms with Gasteiger partial charge < -0.3 is 14.4 Å². The van der Waals surface area contributed by atoms with E-state index in [-0.39, 0.29) is 24.3 Å². The number of rotatable bonds is 4. The summed E-state index contributed by atoms with van der Waals surface area (Å²) in [6.45, 7) is 3.13. The maximum Gasteiger partial charge on any atom is 0.292 e. The highest BCUT2D eigenvalue weighted by Gasteiger charge is 2.47. The lowest BCUT2D eigenvalue weighted by Crippen LogP contribution is -3.20. The van der Waals surface area contributed by atoms with E-state index < -0.39 is 0 Å². The van der Waals surface area contributed by atoms with E-state index in [2.05, 4.69) is 6.92 Å². The summed E-state index contributed by atoms with van der Waals surface area (Å²) in [7, 11) is 3.10. The predicted octanol–water partition coefficient (Wildman–Crippen LogP) is 0.793. The zero-order chi connectivity index (χ0) is 17.3. The van der Waals surface area contributed by atoms with Gasteiger partial charge in [-0.25, -0.2) is 4.90 Å². The summed E-state index contributed by atoms with van der Waals surface area (Å²) < 4.78 is 10.5. The molecule has 0 aromatic heterocycles. The number of likely N-dealkylation sites (tertiary alicyclic amines) is 1. The lowest BCUT2D eigenvalue weighted by Gasteiger charge is -2.33. The summed E-state index contributed by atoms with van der Waals surface area (Å²) >= 11 is 0. The first-order chi connectivity index (χ1) is 11.5. The van der Waals surface area contributed by atoms with Crippen LogP contribution in [0, 0.1) is 0 Å². The zero-order valence-corrected chi connectivity index (χ0v) is 14.5. The van der Waals surface area contributed by atoms with Crippen LogP contribution in [0.4, 0.5) is 5.69 Å². The molecule has 1 aromatic carbocycles. The number of piperidine rings is 1. The Labute approximate surface area is 142 Å². The zero-order valence-electron chi connectivity index (χ0n) is 14.5. The number of quaternary nitrogens is 1. The summed E-state index contributed by atoms with van der Waals surface area (Å²) in [6, 6.07) is 5.28. The molecule has 0 radical (unpaired) electrons. The highest BCUT2D eigenvalue weighted by Crippen LogP contribution is 2.31. The Bertz CT molecular complexity index is 624. The predicted molar refractivity (Wildman–Crippen MR) is 89.6 cm³/mol. The summed E-state index contributed by atoms with van der Waals surface area (Å²) in [5, 5.41) is 0. The Morgan fingerprint density at radius 3 is 2.33 bits per heavy atom. The number of hydrogen-bond acceptors (Lipinski definition) is 4. The summed E-state index contributed by atoms with van der Waals surface area (Å²) in [5.41, 5.74) is 0.521. The van der Waals surface area contributed by atoms with E-state index in [9.17, 15) is 9.59 Å². The molecule has 130 valence electrons. The number of hydrogen-bond donors (Lipinski definition) is 1. The van der Waals surface area contributed by atoms with Crippen LogP contribution in [0.25, 0.3) is 0 Å². The van der Waals surface area contributed by atoms with Gasteiger partial charge in [-0.2, -0.15) is 0 Å². The van der Waals surface area contributed by atoms with Crippen molar-refractivity contribution in [2.45, 2.75) is 44.7 Å². The molecular weight excluding hydrogens is 308 g/mol. The van der Waals surface area contributed by atoms with Gasteiger partial charge in [-0.15, -0.1) is 0 Å². The first-order valence-electron chi connectivity index (χ1n) is 8.50. The van der Waals surface area contributed by atoms with Crippen molar-refractivity contribution in [2.75, 3.05) is 25.7 Å². The van der Waals surface area contributed by atoms with Gasteiger partial charge in [-0.3, -0.25) is 9.59 Å². The molecule has 1 unspecified atom stereocenters. The van der Waals surface area contributed by atoms with Gasteiger partial charge in [0.25, 0.3) is 5.91 Å². The first kappa shape index (κ1) is 16.8. The smallest absolute Gasteiger partial charge is 0.292 e. The van der Waals surface area contributed by atoms with Crippen LogP contribution >= 0.6 is 0 Å². The highest BCUT2D eigenvalue weighted by atomic mass is 16.5. The molecule has 0 spiro atoms. The maximum absolute atomic E-state index is 13.0. The fourth-order valence-electron chi connectivity index (χ4n) is 3.84. The topological polar surface area (TPSA) is 60.3 Å². The van der Waals surface area contributed by atoms with Gasteiger partial charge in [0, 0.05) is 18.2 Å². The van der Waals surface area contributed by atoms with Crippen molar-refractivity contribution < 1.29 is 24.0 Å². The van der Waals surface area contributed by atoms with Crippen LogP contribution in [-0.2, 0) is 9.59 Å². The van der Waals surface area contributed by atoms with Crippen LogP contribution in [0.3, 0.4) is 0 Å². The van der Waals surface area contributed by atoms with E-state index in [0.717, 1.165) is 19.4 Å². The molecule has 6 nitrogen and oxygen atoms in total. The van der Waals surface area contributed by atoms with Gasteiger partial charge in [0.15, 0.2) is 6.04 Å². The molecule has 0 saturated carbocycles. The number of nitrogens with one attached hydrogen (secondary N) is 1. The number of imide groups is 1. The molecule has 2 aliphatic heterocycles. The van der Waals surface area contributed by atoms with Crippen molar-refractivity contribution in [3.05, 3.63) is 18.2 Å². The molecule has 2 heterocycles. The van der Waals surface area contributed by atoms with Crippen molar-refractivity contribution in [1.82, 2.24) is 0 Å². The lowest BCUT2D eigenvalue weighted by molar-refractivity contribution is -0.942. The van der Waals surface area contributed by atoms with Gasteiger partial charge in [0.1, 0.15) is 11.5 Å². The molecule has 0 aliphatic carbocycles. The Hall–Kier alpha value is -2.08. The number of methoxy groups -OCH3 is 2. The monoisotopic (exact) mass is 333 g/mol. The van der Waals surface area contributed by atoms with Crippen LogP contribution in [-0.4, -0.2) is 44.7 Å². The largest absolute Gasteiger partial charge is 0.497 e. The number of ether oxygens (including phenoxy) is 2. The van der Waals surface area contributed by atoms with Crippen LogP contribution in [0.2, 0.25) is 0 Å². The SMILES string of the molecule is COc1cc(OC)cc(N2C(=O)C[C@@H]([NH+]3CCCC[C@@H]3C)C2=O)c1. The van der Waals surface area contributed by atoms with Gasteiger partial charge in [-0.05, 0) is 26.2 Å². The molecule has 24 heavy (non-hydrogen) atoms. The molecule has 2 fully saturated rings. The van der Waals surface area contributed by atoms with E-state index in [1.807, 2.05) is 0 Å². The van der Waals surface area contributed by atoms with Crippen LogP contribution in [0.5, 0.6) is 11.5 Å². The summed E-state index contributed by atoms with van der Waals surface area (Å²) in [4.78, 5) is 28.1. The van der Waals surface area contributed by atoms with E-state index >= 15 is 0 Å². The first-order valence-corrected chi connectivity index (χ1v) is 8.50. The molecule has 0 bridgehead atoms. The van der Waals surface area contributed by atoms with Crippen molar-refractivity contribution in [3.63, 3.8) is 0 Å². The number of nitrogens with zero attached hydrogens (tertiary/aromatic N) is 1. The van der Waals surface area contributed by atoms with E-state index in [4.69, 9.17) is 9.47 Å². The van der Waals surface area contributed by atoms with E-state index in [1.54, 1.807) is 32.4 Å². The van der Waals surface area contributed by atoms with Gasteiger partial charge >= 0.3 is 0 Å². The number of carbonyl (C=O) groups excluding carboxylic acids is 2. The van der Waals surface area contributed by atoms with Crippen molar-refractivity contribution >= 4 is 17.5 Å². The average molecular weight is 333 g/mol. The third-order valence-corrected chi connectivity index (χ3v) is 5.17. The summed E-state index contributed by atoms with van der Waals surface area (Å²) in [6.07, 6.45) is 3.71. The number of anilines is 1. The van der Waals surface area contributed by atoms with Crippen LogP contribution < -0.4 is 19.3 Å². The number of amides is 2. The number of benzene rings is 1. The van der Waals surface area contributed by atoms with Crippen LogP contribution in [0.1, 0.15) is 32.6 Å². The van der Waals surface area contributed by atoms with Gasteiger partial charge in [0.2, 0.25) is 5.91 Å². The molecule has 6 heteroatoms. The molecular formula is C18H25N2O4+. The third kappa shape index (κ3) is 2.98. The fourth-order valence-corrected chi connectivity index (χ4v) is 3.84. The molecule has 1 aromatic rings. The van der Waals surface area contributed by atoms with E-state index in [1.165, 1.54) is 16.2 Å². The van der Waals surface area contributed by atoms with Crippen molar-refractivity contribution in [1.29, 1.82) is 0 Å². The normalized spacial score (nSPS) is 27.5. The standard InChI is InChI=1S/C18H24N2O4/c1-12-6-4-5-7-19(12)16-11-17(21)20(18(16)22)13-8-14(23-2)10-15(9-13)24-3/h8-10,12,16H,4-7,11H2,1-3H3/p+1/t12-,16+/m0/s1. The van der Waals surface area contributed by atoms with Crippen molar-refractivity contribution in [3.8, 4) is 11.5 Å². The minimum Gasteiger partial charge on any atom is -0.497 e. The fraction of sp³-hybridized carbons (Fsp3) is 0.556. The Balaban J connectivity index is 1.89. The molecule has 2 amide bonds. The average Bonchev–Trinajstić information content (AvgIpc) is 2.89. The Morgan fingerprint density at radius 2 is 1.75 bits per heavy atom. The molecule has 2 saturated heterocycles. The second kappa shape index (κ2) is 6.81. The third-order valence-electron chi connectivity index (χ3n) is 5.17. The number of carbonyl (C=O) groups is 2. The molecule has 3 rings (SSSR count). The maximum atomic E-state index is 13.0. The van der Waals surface area contributed by atoms with Crippen molar-refractivity contribution in [2.24, 2.45) is 0 Å². The van der Waals surface area contributed by atoms with Gasteiger partial charge in [-0.1, -0.05) is 0 Å². The second-order valence-corrected chi connectivity index (χ2v) is 6.62. The molecule has 2 aliphatic rings. The molecule has 1 N–H and O–H groups in total. The molecule has 3 atom stereocenters. The van der Waals surface area contributed by atoms with Gasteiger partial charge in [0.05, 0.1) is 38.9 Å². The Kier molecular flexibility index (Phi) is 4.76. The Morgan fingerprint density at radius 1 is 1.08 bits per heavy atom. The summed E-state index contributed by atoms with van der Waals surface area (Å²) in [5.74, 6) is 0.865. The highest BCUT2D eigenvalue weighted by molar-refractivity contribution is 6.22. The second-order valence-electron chi connectivity index (χ2n) is 6.62. The minimum atomic E-state index is -0.273. The lowest BCUT2D eigenvalue weighted by atomic mass is 10.0. The van der Waals surface area contributed by atoms with E-state index in [0.29, 0.717) is 23.2 Å². The minimum absolute atomic E-state index is 0.112. The van der Waals surface area contributed by atoms with Crippen LogP contribution in [0.15, 0.2) is 18.2 Å². The quantitative estimate of drug-likeness (QED) is 0.828.